The maximum atomic E-state index is 12.8. The molecule has 0 aliphatic carbocycles. The summed E-state index contributed by atoms with van der Waals surface area (Å²) in [4.78, 5) is 14.6. The highest BCUT2D eigenvalue weighted by Gasteiger charge is 2.24. The van der Waals surface area contributed by atoms with Crippen LogP contribution in [-0.2, 0) is 16.6 Å². The molecule has 1 atom stereocenters. The fourth-order valence-corrected chi connectivity index (χ4v) is 4.94. The first-order valence-electron chi connectivity index (χ1n) is 9.46. The molecule has 0 spiro atoms. The van der Waals surface area contributed by atoms with Crippen molar-refractivity contribution in [2.45, 2.75) is 26.3 Å². The molecule has 1 aliphatic heterocycles. The zero-order chi connectivity index (χ0) is 21.2. The first-order chi connectivity index (χ1) is 13.7. The molecule has 1 heterocycles. The lowest BCUT2D eigenvalue weighted by atomic mass is 9.99. The van der Waals surface area contributed by atoms with Gasteiger partial charge >= 0.3 is 0 Å². The number of benzene rings is 2. The second kappa shape index (κ2) is 8.94. The third-order valence-corrected chi connectivity index (χ3v) is 6.96. The number of hydrogen-bond donors (Lipinski definition) is 0. The van der Waals surface area contributed by atoms with Gasteiger partial charge in [-0.1, -0.05) is 36.2 Å². The molecule has 0 bridgehead atoms. The van der Waals surface area contributed by atoms with Gasteiger partial charge in [0.15, 0.2) is 0 Å². The van der Waals surface area contributed by atoms with Crippen molar-refractivity contribution in [2.24, 2.45) is 5.92 Å². The van der Waals surface area contributed by atoms with E-state index in [-0.39, 0.29) is 12.5 Å². The molecule has 8 heteroatoms. The SMILES string of the molecule is C[C@@H]1CCCN(C(=O)c2ccc(N(Cc3c(Cl)cccc3Cl)S(C)(=O)=O)cc2)C1. The van der Waals surface area contributed by atoms with Crippen molar-refractivity contribution in [1.29, 1.82) is 0 Å². The zero-order valence-electron chi connectivity index (χ0n) is 16.4. The topological polar surface area (TPSA) is 57.7 Å². The van der Waals surface area contributed by atoms with Crippen molar-refractivity contribution in [1.82, 2.24) is 4.90 Å². The van der Waals surface area contributed by atoms with Crippen molar-refractivity contribution in [3.05, 3.63) is 63.6 Å². The summed E-state index contributed by atoms with van der Waals surface area (Å²) in [6, 6.07) is 11.7. The molecule has 0 N–H and O–H groups in total. The van der Waals surface area contributed by atoms with Crippen molar-refractivity contribution in [3.63, 3.8) is 0 Å². The van der Waals surface area contributed by atoms with Gasteiger partial charge in [0, 0.05) is 34.3 Å². The van der Waals surface area contributed by atoms with Crippen molar-refractivity contribution in [3.8, 4) is 0 Å². The van der Waals surface area contributed by atoms with Crippen LogP contribution in [0.4, 0.5) is 5.69 Å². The van der Waals surface area contributed by atoms with Gasteiger partial charge in [0.05, 0.1) is 18.5 Å². The van der Waals surface area contributed by atoms with Gasteiger partial charge < -0.3 is 4.90 Å². The average Bonchev–Trinajstić information content (AvgIpc) is 2.66. The third kappa shape index (κ3) is 5.24. The van der Waals surface area contributed by atoms with E-state index in [1.165, 1.54) is 4.31 Å². The Morgan fingerprint density at radius 1 is 1.14 bits per heavy atom. The van der Waals surface area contributed by atoms with E-state index in [4.69, 9.17) is 23.2 Å². The van der Waals surface area contributed by atoms with Crippen LogP contribution in [0.2, 0.25) is 10.0 Å². The quantitative estimate of drug-likeness (QED) is 0.649. The lowest BCUT2D eigenvalue weighted by Crippen LogP contribution is -2.39. The second-order valence-electron chi connectivity index (χ2n) is 7.52. The fraction of sp³-hybridized carbons (Fsp3) is 0.381. The standard InChI is InChI=1S/C21H24Cl2N2O3S/c1-15-5-4-12-24(13-15)21(26)16-8-10-17(11-9-16)25(29(2,27)28)14-18-19(22)6-3-7-20(18)23/h3,6-11,15H,4-5,12-14H2,1-2H3/t15-/m1/s1. The van der Waals surface area contributed by atoms with Crippen molar-refractivity contribution < 1.29 is 13.2 Å². The summed E-state index contributed by atoms with van der Waals surface area (Å²) < 4.78 is 26.1. The minimum Gasteiger partial charge on any atom is -0.338 e. The molecule has 0 radical (unpaired) electrons. The predicted octanol–water partition coefficient (Wildman–Crippen LogP) is 4.83. The number of halogens is 2. The lowest BCUT2D eigenvalue weighted by Gasteiger charge is -2.31. The molecule has 1 amide bonds. The predicted molar refractivity (Wildman–Crippen MR) is 118 cm³/mol. The number of hydrogen-bond acceptors (Lipinski definition) is 3. The number of anilines is 1. The summed E-state index contributed by atoms with van der Waals surface area (Å²) in [5.41, 5.74) is 1.53. The molecule has 0 aromatic heterocycles. The number of nitrogens with zero attached hydrogens (tertiary/aromatic N) is 2. The summed E-state index contributed by atoms with van der Waals surface area (Å²) in [7, 11) is -3.59. The molecule has 29 heavy (non-hydrogen) atoms. The number of carbonyl (C=O) groups is 1. The molecule has 1 aliphatic rings. The van der Waals surface area contributed by atoms with Gasteiger partial charge in [-0.15, -0.1) is 0 Å². The zero-order valence-corrected chi connectivity index (χ0v) is 18.8. The summed E-state index contributed by atoms with van der Waals surface area (Å²) in [5, 5.41) is 0.800. The Bertz CT molecular complexity index is 973. The molecule has 1 saturated heterocycles. The fourth-order valence-electron chi connectivity index (χ4n) is 3.55. The first-order valence-corrected chi connectivity index (χ1v) is 12.1. The maximum Gasteiger partial charge on any atom is 0.253 e. The van der Waals surface area contributed by atoms with Crippen LogP contribution >= 0.6 is 23.2 Å². The van der Waals surface area contributed by atoms with Gasteiger partial charge in [-0.05, 0) is 55.2 Å². The van der Waals surface area contributed by atoms with E-state index >= 15 is 0 Å². The molecule has 0 saturated carbocycles. The van der Waals surface area contributed by atoms with E-state index in [0.29, 0.717) is 32.8 Å². The maximum absolute atomic E-state index is 12.8. The number of amides is 1. The van der Waals surface area contributed by atoms with Crippen LogP contribution in [0.3, 0.4) is 0 Å². The summed E-state index contributed by atoms with van der Waals surface area (Å²) in [6.45, 7) is 3.66. The van der Waals surface area contributed by atoms with E-state index in [9.17, 15) is 13.2 Å². The number of rotatable bonds is 5. The Balaban J connectivity index is 1.85. The molecule has 0 unspecified atom stereocenters. The van der Waals surface area contributed by atoms with Gasteiger partial charge in [0.2, 0.25) is 10.0 Å². The van der Waals surface area contributed by atoms with E-state index in [0.717, 1.165) is 32.2 Å². The summed E-state index contributed by atoms with van der Waals surface area (Å²) in [5.74, 6) is 0.469. The monoisotopic (exact) mass is 454 g/mol. The van der Waals surface area contributed by atoms with Crippen molar-refractivity contribution in [2.75, 3.05) is 23.7 Å². The summed E-state index contributed by atoms with van der Waals surface area (Å²) >= 11 is 12.4. The van der Waals surface area contributed by atoms with E-state index in [1.54, 1.807) is 42.5 Å². The molecule has 156 valence electrons. The van der Waals surface area contributed by atoms with Crippen LogP contribution in [0.15, 0.2) is 42.5 Å². The Kier molecular flexibility index (Phi) is 6.76. The molecular weight excluding hydrogens is 431 g/mol. The Hall–Kier alpha value is -1.76. The first kappa shape index (κ1) is 21.9. The van der Waals surface area contributed by atoms with Crippen LogP contribution < -0.4 is 4.31 Å². The van der Waals surface area contributed by atoms with Gasteiger partial charge in [-0.25, -0.2) is 8.42 Å². The van der Waals surface area contributed by atoms with Gasteiger partial charge in [-0.2, -0.15) is 0 Å². The van der Waals surface area contributed by atoms with Gasteiger partial charge in [-0.3, -0.25) is 9.10 Å². The number of piperidine rings is 1. The molecule has 1 fully saturated rings. The number of sulfonamides is 1. The van der Waals surface area contributed by atoms with Gasteiger partial charge in [0.25, 0.3) is 5.91 Å². The Labute approximate surface area is 182 Å². The van der Waals surface area contributed by atoms with E-state index in [1.807, 2.05) is 4.90 Å². The number of carbonyl (C=O) groups excluding carboxylic acids is 1. The van der Waals surface area contributed by atoms with E-state index < -0.39 is 10.0 Å². The van der Waals surface area contributed by atoms with Crippen LogP contribution in [-0.4, -0.2) is 38.6 Å². The van der Waals surface area contributed by atoms with E-state index in [2.05, 4.69) is 6.92 Å². The summed E-state index contributed by atoms with van der Waals surface area (Å²) in [6.07, 6.45) is 3.27. The third-order valence-electron chi connectivity index (χ3n) is 5.11. The molecule has 2 aromatic rings. The Morgan fingerprint density at radius 2 is 1.76 bits per heavy atom. The number of likely N-dealkylation sites (tertiary alicyclic amines) is 1. The highest BCUT2D eigenvalue weighted by molar-refractivity contribution is 7.92. The van der Waals surface area contributed by atoms with Crippen LogP contribution in [0.25, 0.3) is 0 Å². The molecule has 5 nitrogen and oxygen atoms in total. The van der Waals surface area contributed by atoms with Crippen LogP contribution in [0, 0.1) is 5.92 Å². The molecular formula is C21H24Cl2N2O3S. The average molecular weight is 455 g/mol. The van der Waals surface area contributed by atoms with Gasteiger partial charge in [0.1, 0.15) is 0 Å². The van der Waals surface area contributed by atoms with Crippen molar-refractivity contribution >= 4 is 44.8 Å². The smallest absolute Gasteiger partial charge is 0.253 e. The molecule has 2 aromatic carbocycles. The lowest BCUT2D eigenvalue weighted by molar-refractivity contribution is 0.0683. The normalized spacial score (nSPS) is 17.2. The minimum absolute atomic E-state index is 0.00821. The highest BCUT2D eigenvalue weighted by atomic mass is 35.5. The largest absolute Gasteiger partial charge is 0.338 e. The molecule has 3 rings (SSSR count). The second-order valence-corrected chi connectivity index (χ2v) is 10.2. The Morgan fingerprint density at radius 3 is 2.31 bits per heavy atom. The van der Waals surface area contributed by atoms with Crippen LogP contribution in [0.1, 0.15) is 35.7 Å². The minimum atomic E-state index is -3.59. The van der Waals surface area contributed by atoms with Crippen LogP contribution in [0.5, 0.6) is 0 Å². The highest BCUT2D eigenvalue weighted by Crippen LogP contribution is 2.29.